The summed E-state index contributed by atoms with van der Waals surface area (Å²) in [5.41, 5.74) is 0.711. The highest BCUT2D eigenvalue weighted by molar-refractivity contribution is 9.10. The second kappa shape index (κ2) is 6.05. The molecule has 0 spiro atoms. The van der Waals surface area contributed by atoms with Crippen LogP contribution in [0.15, 0.2) is 15.5 Å². The van der Waals surface area contributed by atoms with Crippen molar-refractivity contribution < 1.29 is 0 Å². The SMILES string of the molecule is CC1CC(Nc2cnn(C(C)C)c(=O)c2Br)CCN1. The quantitative estimate of drug-likeness (QED) is 0.892. The standard InChI is InChI=1S/C13H21BrN4O/c1-8(2)18-13(19)12(14)11(7-16-18)17-10-4-5-15-9(3)6-10/h7-10,15,17H,4-6H2,1-3H3. The van der Waals surface area contributed by atoms with E-state index in [0.717, 1.165) is 25.1 Å². The Balaban J connectivity index is 2.17. The highest BCUT2D eigenvalue weighted by atomic mass is 79.9. The topological polar surface area (TPSA) is 59.0 Å². The number of halogens is 1. The predicted octanol–water partition coefficient (Wildman–Crippen LogP) is 2.14. The molecule has 1 aromatic heterocycles. The normalized spacial score (nSPS) is 23.6. The first-order chi connectivity index (χ1) is 8.99. The number of hydrogen-bond acceptors (Lipinski definition) is 4. The van der Waals surface area contributed by atoms with Gasteiger partial charge in [-0.25, -0.2) is 4.68 Å². The third-order valence-electron chi connectivity index (χ3n) is 3.42. The van der Waals surface area contributed by atoms with Gasteiger partial charge < -0.3 is 10.6 Å². The maximum atomic E-state index is 12.1. The van der Waals surface area contributed by atoms with Crippen molar-refractivity contribution in [2.24, 2.45) is 0 Å². The number of aromatic nitrogens is 2. The van der Waals surface area contributed by atoms with E-state index < -0.39 is 0 Å². The van der Waals surface area contributed by atoms with Gasteiger partial charge in [0, 0.05) is 12.1 Å². The molecule has 106 valence electrons. The largest absolute Gasteiger partial charge is 0.380 e. The van der Waals surface area contributed by atoms with Gasteiger partial charge in [0.2, 0.25) is 0 Å². The minimum absolute atomic E-state index is 0.0664. The van der Waals surface area contributed by atoms with Crippen LogP contribution in [-0.2, 0) is 0 Å². The predicted molar refractivity (Wildman–Crippen MR) is 80.7 cm³/mol. The van der Waals surface area contributed by atoms with Gasteiger partial charge in [-0.1, -0.05) is 0 Å². The van der Waals surface area contributed by atoms with Gasteiger partial charge >= 0.3 is 0 Å². The Morgan fingerprint density at radius 2 is 2.32 bits per heavy atom. The van der Waals surface area contributed by atoms with Crippen molar-refractivity contribution in [3.8, 4) is 0 Å². The number of anilines is 1. The Hall–Kier alpha value is -0.880. The van der Waals surface area contributed by atoms with Crippen LogP contribution in [0.2, 0.25) is 0 Å². The molecule has 5 nitrogen and oxygen atoms in total. The summed E-state index contributed by atoms with van der Waals surface area (Å²) in [7, 11) is 0. The Morgan fingerprint density at radius 3 is 2.95 bits per heavy atom. The molecule has 6 heteroatoms. The summed E-state index contributed by atoms with van der Waals surface area (Å²) < 4.78 is 2.06. The zero-order valence-corrected chi connectivity index (χ0v) is 13.2. The molecule has 0 saturated carbocycles. The van der Waals surface area contributed by atoms with Crippen LogP contribution < -0.4 is 16.2 Å². The van der Waals surface area contributed by atoms with Crippen LogP contribution in [0.25, 0.3) is 0 Å². The minimum atomic E-state index is -0.0815. The molecule has 2 unspecified atom stereocenters. The Morgan fingerprint density at radius 1 is 1.58 bits per heavy atom. The highest BCUT2D eigenvalue weighted by Crippen LogP contribution is 2.21. The fourth-order valence-electron chi connectivity index (χ4n) is 2.40. The van der Waals surface area contributed by atoms with E-state index in [1.165, 1.54) is 4.68 Å². The van der Waals surface area contributed by atoms with Crippen molar-refractivity contribution in [1.82, 2.24) is 15.1 Å². The van der Waals surface area contributed by atoms with Crippen LogP contribution in [0.4, 0.5) is 5.69 Å². The molecule has 1 aliphatic rings. The van der Waals surface area contributed by atoms with E-state index in [1.54, 1.807) is 6.20 Å². The van der Waals surface area contributed by atoms with E-state index in [1.807, 2.05) is 13.8 Å². The van der Waals surface area contributed by atoms with Gasteiger partial charge in [0.25, 0.3) is 5.56 Å². The summed E-state index contributed by atoms with van der Waals surface area (Å²) in [5.74, 6) is 0. The van der Waals surface area contributed by atoms with Crippen molar-refractivity contribution in [3.63, 3.8) is 0 Å². The second-order valence-corrected chi connectivity index (χ2v) is 6.23. The molecule has 0 aromatic carbocycles. The summed E-state index contributed by atoms with van der Waals surface area (Å²) in [6, 6.07) is 0.967. The number of rotatable bonds is 3. The van der Waals surface area contributed by atoms with Crippen LogP contribution in [0.5, 0.6) is 0 Å². The molecule has 1 fully saturated rings. The van der Waals surface area contributed by atoms with E-state index in [-0.39, 0.29) is 11.6 Å². The van der Waals surface area contributed by atoms with Crippen LogP contribution in [0.3, 0.4) is 0 Å². The molecular weight excluding hydrogens is 308 g/mol. The Bertz CT molecular complexity index is 500. The first kappa shape index (κ1) is 14.5. The van der Waals surface area contributed by atoms with Crippen LogP contribution in [-0.4, -0.2) is 28.4 Å². The summed E-state index contributed by atoms with van der Waals surface area (Å²) in [5, 5.41) is 11.1. The smallest absolute Gasteiger partial charge is 0.283 e. The lowest BCUT2D eigenvalue weighted by Crippen LogP contribution is -2.41. The van der Waals surface area contributed by atoms with Gasteiger partial charge in [0.15, 0.2) is 0 Å². The summed E-state index contributed by atoms with van der Waals surface area (Å²) in [6.45, 7) is 7.08. The lowest BCUT2D eigenvalue weighted by molar-refractivity contribution is 0.396. The van der Waals surface area contributed by atoms with Crippen LogP contribution in [0, 0.1) is 0 Å². The van der Waals surface area contributed by atoms with Crippen LogP contribution >= 0.6 is 15.9 Å². The third kappa shape index (κ3) is 3.36. The molecule has 2 N–H and O–H groups in total. The number of nitrogens with zero attached hydrogens (tertiary/aromatic N) is 2. The molecule has 1 aromatic rings. The molecule has 0 amide bonds. The summed E-state index contributed by atoms with van der Waals surface area (Å²) in [6.07, 6.45) is 3.85. The number of nitrogens with one attached hydrogen (secondary N) is 2. The van der Waals surface area contributed by atoms with Gasteiger partial charge in [-0.2, -0.15) is 5.10 Å². The molecule has 19 heavy (non-hydrogen) atoms. The number of hydrogen-bond donors (Lipinski definition) is 2. The molecule has 0 aliphatic carbocycles. The molecule has 1 saturated heterocycles. The highest BCUT2D eigenvalue weighted by Gasteiger charge is 2.20. The molecule has 0 radical (unpaired) electrons. The van der Waals surface area contributed by atoms with Gasteiger partial charge in [0.05, 0.1) is 17.9 Å². The van der Waals surface area contributed by atoms with Gasteiger partial charge in [-0.15, -0.1) is 0 Å². The van der Waals surface area contributed by atoms with E-state index in [2.05, 4.69) is 38.6 Å². The van der Waals surface area contributed by atoms with E-state index in [4.69, 9.17) is 0 Å². The second-order valence-electron chi connectivity index (χ2n) is 5.44. The van der Waals surface area contributed by atoms with E-state index in [0.29, 0.717) is 16.6 Å². The van der Waals surface area contributed by atoms with Gasteiger partial charge in [-0.3, -0.25) is 4.79 Å². The van der Waals surface area contributed by atoms with Crippen molar-refractivity contribution in [1.29, 1.82) is 0 Å². The van der Waals surface area contributed by atoms with Gasteiger partial charge in [0.1, 0.15) is 4.47 Å². The molecule has 0 bridgehead atoms. The van der Waals surface area contributed by atoms with Crippen LogP contribution in [0.1, 0.15) is 39.7 Å². The van der Waals surface area contributed by atoms with Crippen molar-refractivity contribution in [3.05, 3.63) is 21.0 Å². The summed E-state index contributed by atoms with van der Waals surface area (Å²) >= 11 is 3.39. The molecule has 2 rings (SSSR count). The monoisotopic (exact) mass is 328 g/mol. The zero-order chi connectivity index (χ0) is 14.0. The average molecular weight is 329 g/mol. The maximum Gasteiger partial charge on any atom is 0.283 e. The molecular formula is C13H21BrN4O. The Labute approximate surface area is 121 Å². The molecule has 2 heterocycles. The lowest BCUT2D eigenvalue weighted by atomic mass is 10.0. The molecule has 2 atom stereocenters. The fourth-order valence-corrected chi connectivity index (χ4v) is 2.79. The zero-order valence-electron chi connectivity index (χ0n) is 11.6. The molecule has 1 aliphatic heterocycles. The van der Waals surface area contributed by atoms with Crippen molar-refractivity contribution in [2.45, 2.75) is 51.7 Å². The van der Waals surface area contributed by atoms with E-state index >= 15 is 0 Å². The van der Waals surface area contributed by atoms with Crippen molar-refractivity contribution in [2.75, 3.05) is 11.9 Å². The average Bonchev–Trinajstić information content (AvgIpc) is 2.35. The van der Waals surface area contributed by atoms with Crippen molar-refractivity contribution >= 4 is 21.6 Å². The van der Waals surface area contributed by atoms with E-state index in [9.17, 15) is 4.79 Å². The maximum absolute atomic E-state index is 12.1. The Kier molecular flexibility index (Phi) is 4.62. The first-order valence-corrected chi connectivity index (χ1v) is 7.55. The van der Waals surface area contributed by atoms with Gasteiger partial charge in [-0.05, 0) is 56.1 Å². The lowest BCUT2D eigenvalue weighted by Gasteiger charge is -2.29. The third-order valence-corrected chi connectivity index (χ3v) is 4.18. The summed E-state index contributed by atoms with van der Waals surface area (Å²) in [4.78, 5) is 12.1. The fraction of sp³-hybridized carbons (Fsp3) is 0.692. The minimum Gasteiger partial charge on any atom is -0.380 e. The number of piperidine rings is 1. The first-order valence-electron chi connectivity index (χ1n) is 6.76.